The van der Waals surface area contributed by atoms with E-state index in [1.165, 1.54) is 28.4 Å². The van der Waals surface area contributed by atoms with Gasteiger partial charge in [0.25, 0.3) is 5.92 Å². The van der Waals surface area contributed by atoms with Gasteiger partial charge < -0.3 is 5.73 Å². The third-order valence-electron chi connectivity index (χ3n) is 4.60. The first-order valence-electron chi connectivity index (χ1n) is 7.79. The van der Waals surface area contributed by atoms with E-state index >= 15 is 0 Å². The van der Waals surface area contributed by atoms with Crippen LogP contribution in [0.15, 0.2) is 46.8 Å². The Hall–Kier alpha value is -2.28. The van der Waals surface area contributed by atoms with Crippen molar-refractivity contribution in [2.45, 2.75) is 31.2 Å². The summed E-state index contributed by atoms with van der Waals surface area (Å²) in [6.07, 6.45) is 0. The predicted molar refractivity (Wildman–Crippen MR) is 94.8 cm³/mol. The Balaban J connectivity index is 2.12. The topological polar surface area (TPSA) is 58.7 Å². The van der Waals surface area contributed by atoms with Crippen molar-refractivity contribution in [3.05, 3.63) is 57.8 Å². The zero-order valence-corrected chi connectivity index (χ0v) is 15.0. The highest BCUT2D eigenvalue weighted by Crippen LogP contribution is 2.45. The first kappa shape index (κ1) is 17.5. The number of thiophene rings is 1. The molecule has 0 spiro atoms. The van der Waals surface area contributed by atoms with Crippen LogP contribution in [0.1, 0.15) is 35.8 Å². The molecular formula is C18H19F2N3OS. The smallest absolute Gasteiger partial charge is 0.270 e. The van der Waals surface area contributed by atoms with Crippen LogP contribution in [0.3, 0.4) is 0 Å². The molecule has 2 atom stereocenters. The minimum Gasteiger partial charge on any atom is -0.369 e. The van der Waals surface area contributed by atoms with Crippen LogP contribution in [0.25, 0.3) is 0 Å². The maximum atomic E-state index is 13.5. The van der Waals surface area contributed by atoms with Crippen LogP contribution < -0.4 is 5.73 Å². The molecule has 7 heteroatoms. The van der Waals surface area contributed by atoms with Crippen LogP contribution >= 0.6 is 11.3 Å². The van der Waals surface area contributed by atoms with E-state index in [1.807, 2.05) is 24.4 Å². The quantitative estimate of drug-likeness (QED) is 0.905. The molecule has 1 aromatic heterocycles. The summed E-state index contributed by atoms with van der Waals surface area (Å²) in [5.74, 6) is -3.62. The van der Waals surface area contributed by atoms with Gasteiger partial charge in [-0.1, -0.05) is 30.3 Å². The van der Waals surface area contributed by atoms with E-state index in [1.54, 1.807) is 19.2 Å². The summed E-state index contributed by atoms with van der Waals surface area (Å²) in [4.78, 5) is 19.7. The number of alkyl halides is 2. The summed E-state index contributed by atoms with van der Waals surface area (Å²) in [6.45, 7) is 2.70. The Bertz CT molecular complexity index is 812. The van der Waals surface area contributed by atoms with Crippen LogP contribution in [0.5, 0.6) is 0 Å². The fourth-order valence-electron chi connectivity index (χ4n) is 3.12. The highest BCUT2D eigenvalue weighted by atomic mass is 32.1. The zero-order chi connectivity index (χ0) is 18.4. The number of aliphatic imine (C=N–C) groups is 1. The molecule has 0 bridgehead atoms. The number of nitrogens with zero attached hydrogens (tertiary/aromatic N) is 2. The van der Waals surface area contributed by atoms with Gasteiger partial charge in [0.15, 0.2) is 5.96 Å². The largest absolute Gasteiger partial charge is 0.369 e. The van der Waals surface area contributed by atoms with Gasteiger partial charge in [0.1, 0.15) is 5.54 Å². The lowest BCUT2D eigenvalue weighted by Gasteiger charge is -2.40. The van der Waals surface area contributed by atoms with E-state index in [0.717, 1.165) is 11.8 Å². The number of hydrogen-bond donors (Lipinski definition) is 1. The van der Waals surface area contributed by atoms with Gasteiger partial charge in [-0.25, -0.2) is 13.8 Å². The lowest BCUT2D eigenvalue weighted by molar-refractivity contribution is -0.130. The normalized spacial score (nSPS) is 24.4. The molecule has 4 nitrogen and oxygen atoms in total. The number of rotatable bonds is 3. The molecule has 0 radical (unpaired) electrons. The summed E-state index contributed by atoms with van der Waals surface area (Å²) in [6, 6.07) is 9.66. The molecule has 1 aliphatic rings. The van der Waals surface area contributed by atoms with Crippen LogP contribution in [0, 0.1) is 0 Å². The summed E-state index contributed by atoms with van der Waals surface area (Å²) in [5.41, 5.74) is 5.60. The Kier molecular flexibility index (Phi) is 4.15. The monoisotopic (exact) mass is 363 g/mol. The summed E-state index contributed by atoms with van der Waals surface area (Å²) >= 11 is 1.49. The Labute approximate surface area is 149 Å². The lowest BCUT2D eigenvalue weighted by Crippen LogP contribution is -2.52. The average molecular weight is 363 g/mol. The van der Waals surface area contributed by atoms with Crippen molar-refractivity contribution in [1.82, 2.24) is 4.90 Å². The van der Waals surface area contributed by atoms with Crippen LogP contribution in [0.4, 0.5) is 8.78 Å². The highest BCUT2D eigenvalue weighted by Gasteiger charge is 2.47. The molecule has 2 N–H and O–H groups in total. The maximum Gasteiger partial charge on any atom is 0.270 e. The standard InChI is InChI=1S/C18H19F2N3OS/c1-17(13-5-4-10-25-13)14(15(24)23(3)16(21)22-17)11-6-8-12(9-7-11)18(2,19)20/h4-10,14H,1-3H3,(H2,21,22)/t14-,17+/m0/s1. The van der Waals surface area contributed by atoms with Crippen molar-refractivity contribution >= 4 is 23.2 Å². The van der Waals surface area contributed by atoms with E-state index in [-0.39, 0.29) is 17.4 Å². The molecular weight excluding hydrogens is 344 g/mol. The molecule has 1 amide bonds. The summed E-state index contributed by atoms with van der Waals surface area (Å²) < 4.78 is 27.0. The predicted octanol–water partition coefficient (Wildman–Crippen LogP) is 3.65. The fraction of sp³-hybridized carbons (Fsp3) is 0.333. The SMILES string of the molecule is CN1C(=O)[C@H](c2ccc(C(C)(F)F)cc2)[C@@](C)(c2cccs2)N=C1N. The minimum atomic E-state index is -2.93. The van der Waals surface area contributed by atoms with E-state index in [4.69, 9.17) is 5.73 Å². The number of benzene rings is 1. The van der Waals surface area contributed by atoms with Crippen molar-refractivity contribution in [2.24, 2.45) is 10.7 Å². The molecule has 2 heterocycles. The number of likely N-dealkylation sites (N-methyl/N-ethyl adjacent to an activating group) is 1. The number of hydrogen-bond acceptors (Lipinski definition) is 4. The van der Waals surface area contributed by atoms with E-state index < -0.39 is 17.4 Å². The third kappa shape index (κ3) is 2.93. The lowest BCUT2D eigenvalue weighted by atomic mass is 9.77. The number of amides is 1. The van der Waals surface area contributed by atoms with Gasteiger partial charge in [-0.05, 0) is 23.9 Å². The zero-order valence-electron chi connectivity index (χ0n) is 14.2. The molecule has 2 aromatic rings. The molecule has 25 heavy (non-hydrogen) atoms. The van der Waals surface area contributed by atoms with Crippen molar-refractivity contribution in [1.29, 1.82) is 0 Å². The summed E-state index contributed by atoms with van der Waals surface area (Å²) in [7, 11) is 1.57. The van der Waals surface area contributed by atoms with E-state index in [0.29, 0.717) is 5.56 Å². The van der Waals surface area contributed by atoms with Gasteiger partial charge in [0.05, 0.1) is 5.92 Å². The van der Waals surface area contributed by atoms with Crippen LogP contribution in [-0.2, 0) is 16.3 Å². The number of carbonyl (C=O) groups is 1. The first-order valence-corrected chi connectivity index (χ1v) is 8.67. The van der Waals surface area contributed by atoms with Crippen molar-refractivity contribution in [3.8, 4) is 0 Å². The van der Waals surface area contributed by atoms with Gasteiger partial charge in [0, 0.05) is 24.4 Å². The van der Waals surface area contributed by atoms with Gasteiger partial charge in [0.2, 0.25) is 5.91 Å². The first-order chi connectivity index (χ1) is 11.6. The van der Waals surface area contributed by atoms with Crippen molar-refractivity contribution in [3.63, 3.8) is 0 Å². The Morgan fingerprint density at radius 1 is 1.28 bits per heavy atom. The van der Waals surface area contributed by atoms with Gasteiger partial charge in [-0.2, -0.15) is 0 Å². The Morgan fingerprint density at radius 3 is 2.44 bits per heavy atom. The van der Waals surface area contributed by atoms with E-state index in [2.05, 4.69) is 4.99 Å². The number of halogens is 2. The third-order valence-corrected chi connectivity index (χ3v) is 5.70. The molecule has 0 aliphatic carbocycles. The van der Waals surface area contributed by atoms with Crippen molar-refractivity contribution < 1.29 is 13.6 Å². The summed E-state index contributed by atoms with van der Waals surface area (Å²) in [5, 5.41) is 1.91. The second-order valence-corrected chi connectivity index (χ2v) is 7.38. The minimum absolute atomic E-state index is 0.0892. The molecule has 0 fully saturated rings. The van der Waals surface area contributed by atoms with Gasteiger partial charge in [-0.3, -0.25) is 9.69 Å². The highest BCUT2D eigenvalue weighted by molar-refractivity contribution is 7.10. The van der Waals surface area contributed by atoms with E-state index in [9.17, 15) is 13.6 Å². The van der Waals surface area contributed by atoms with Crippen LogP contribution in [-0.4, -0.2) is 23.8 Å². The number of guanidine groups is 1. The average Bonchev–Trinajstić information content (AvgIpc) is 3.08. The number of nitrogens with two attached hydrogens (primary N) is 1. The second-order valence-electron chi connectivity index (χ2n) is 6.44. The maximum absolute atomic E-state index is 13.5. The Morgan fingerprint density at radius 2 is 1.92 bits per heavy atom. The second kappa shape index (κ2) is 5.91. The van der Waals surface area contributed by atoms with Gasteiger partial charge in [-0.15, -0.1) is 11.3 Å². The van der Waals surface area contributed by atoms with Crippen molar-refractivity contribution in [2.75, 3.05) is 7.05 Å². The molecule has 3 rings (SSSR count). The molecule has 132 valence electrons. The molecule has 1 aromatic carbocycles. The molecule has 1 aliphatic heterocycles. The van der Waals surface area contributed by atoms with Gasteiger partial charge >= 0.3 is 0 Å². The molecule has 0 unspecified atom stereocenters. The number of carbonyl (C=O) groups excluding carboxylic acids is 1. The molecule has 0 saturated carbocycles. The fourth-order valence-corrected chi connectivity index (χ4v) is 3.99. The molecule has 0 saturated heterocycles. The van der Waals surface area contributed by atoms with Crippen LogP contribution in [0.2, 0.25) is 0 Å².